The van der Waals surface area contributed by atoms with Gasteiger partial charge in [-0.15, -0.1) is 0 Å². The van der Waals surface area contributed by atoms with Crippen molar-refractivity contribution in [2.24, 2.45) is 16.3 Å². The van der Waals surface area contributed by atoms with Crippen molar-refractivity contribution in [3.63, 3.8) is 0 Å². The summed E-state index contributed by atoms with van der Waals surface area (Å²) >= 11 is 0. The lowest BCUT2D eigenvalue weighted by Gasteiger charge is -2.31. The zero-order valence-corrected chi connectivity index (χ0v) is 18.7. The lowest BCUT2D eigenvalue weighted by atomic mass is 9.87. The van der Waals surface area contributed by atoms with Gasteiger partial charge in [0.1, 0.15) is 0 Å². The molecule has 3 aliphatic heterocycles. The Kier molecular flexibility index (Phi) is 6.65. The van der Waals surface area contributed by atoms with E-state index in [2.05, 4.69) is 17.1 Å². The van der Waals surface area contributed by atoms with Crippen LogP contribution >= 0.6 is 0 Å². The minimum absolute atomic E-state index is 0.313. The minimum atomic E-state index is -3.39. The van der Waals surface area contributed by atoms with E-state index in [0.717, 1.165) is 64.6 Å². The van der Waals surface area contributed by atoms with E-state index < -0.39 is 10.0 Å². The molecule has 4 rings (SSSR count). The Balaban J connectivity index is 1.33. The molecule has 3 saturated heterocycles. The van der Waals surface area contributed by atoms with Gasteiger partial charge in [-0.25, -0.2) is 8.42 Å². The van der Waals surface area contributed by atoms with E-state index >= 15 is 0 Å². The van der Waals surface area contributed by atoms with E-state index in [1.807, 2.05) is 6.07 Å². The highest BCUT2D eigenvalue weighted by Gasteiger charge is 2.42. The number of nitrogens with zero attached hydrogens (tertiary/aromatic N) is 3. The van der Waals surface area contributed by atoms with E-state index in [4.69, 9.17) is 9.73 Å². The van der Waals surface area contributed by atoms with E-state index in [1.54, 1.807) is 28.6 Å². The average molecular weight is 435 g/mol. The highest BCUT2D eigenvalue weighted by molar-refractivity contribution is 7.89. The predicted octanol–water partition coefficient (Wildman–Crippen LogP) is 2.17. The molecule has 7 nitrogen and oxygen atoms in total. The zero-order valence-electron chi connectivity index (χ0n) is 17.9. The number of hydrogen-bond donors (Lipinski definition) is 1. The molecule has 166 valence electrons. The van der Waals surface area contributed by atoms with Crippen molar-refractivity contribution < 1.29 is 13.2 Å². The van der Waals surface area contributed by atoms with Crippen molar-refractivity contribution in [2.45, 2.75) is 37.5 Å². The molecule has 0 aliphatic carbocycles. The van der Waals surface area contributed by atoms with Gasteiger partial charge in [-0.2, -0.15) is 4.31 Å². The number of likely N-dealkylation sites (tertiary alicyclic amines) is 1. The Hall–Kier alpha value is -1.64. The summed E-state index contributed by atoms with van der Waals surface area (Å²) in [5, 5.41) is 3.45. The Labute approximate surface area is 180 Å². The smallest absolute Gasteiger partial charge is 0.243 e. The summed E-state index contributed by atoms with van der Waals surface area (Å²) in [7, 11) is -3.39. The maximum Gasteiger partial charge on any atom is 0.243 e. The Morgan fingerprint density at radius 2 is 1.97 bits per heavy atom. The van der Waals surface area contributed by atoms with Crippen molar-refractivity contribution in [3.05, 3.63) is 30.3 Å². The van der Waals surface area contributed by atoms with Crippen molar-refractivity contribution in [1.29, 1.82) is 0 Å². The van der Waals surface area contributed by atoms with Crippen LogP contribution in [0.3, 0.4) is 0 Å². The standard InChI is InChI=1S/C22H34N4O3S/c1-2-23-21(25-14-10-22(17-25)11-15-29-18-22)24-16-19-8-12-26(13-9-19)30(27,28)20-6-4-3-5-7-20/h3-7,19H,2,8-18H2,1H3,(H,23,24). The SMILES string of the molecule is CCNC(=NCC1CCN(S(=O)(=O)c2ccccc2)CC1)N1CCC2(CCOC2)C1. The van der Waals surface area contributed by atoms with Crippen LogP contribution in [0.25, 0.3) is 0 Å². The fourth-order valence-electron chi connectivity index (χ4n) is 4.80. The van der Waals surface area contributed by atoms with Crippen molar-refractivity contribution >= 4 is 16.0 Å². The molecule has 0 saturated carbocycles. The third-order valence-corrected chi connectivity index (χ3v) is 8.62. The van der Waals surface area contributed by atoms with E-state index in [9.17, 15) is 8.42 Å². The van der Waals surface area contributed by atoms with Crippen molar-refractivity contribution in [3.8, 4) is 0 Å². The lowest BCUT2D eigenvalue weighted by Crippen LogP contribution is -2.42. The molecular weight excluding hydrogens is 400 g/mol. The third kappa shape index (κ3) is 4.65. The molecule has 3 aliphatic rings. The number of piperidine rings is 1. The van der Waals surface area contributed by atoms with E-state index in [1.165, 1.54) is 6.42 Å². The summed E-state index contributed by atoms with van der Waals surface area (Å²) < 4.78 is 32.9. The third-order valence-electron chi connectivity index (χ3n) is 6.71. The molecule has 0 radical (unpaired) electrons. The number of hydrogen-bond acceptors (Lipinski definition) is 4. The normalized spacial score (nSPS) is 26.6. The second-order valence-electron chi connectivity index (χ2n) is 8.83. The summed E-state index contributed by atoms with van der Waals surface area (Å²) in [6.07, 6.45) is 4.03. The first kappa shape index (κ1) is 21.6. The molecule has 1 spiro atoms. The Morgan fingerprint density at radius 3 is 2.63 bits per heavy atom. The first-order valence-corrected chi connectivity index (χ1v) is 12.6. The first-order chi connectivity index (χ1) is 14.5. The molecule has 1 N–H and O–H groups in total. The first-order valence-electron chi connectivity index (χ1n) is 11.2. The fraction of sp³-hybridized carbons (Fsp3) is 0.682. The number of benzene rings is 1. The van der Waals surface area contributed by atoms with E-state index in [-0.39, 0.29) is 0 Å². The monoisotopic (exact) mass is 434 g/mol. The summed E-state index contributed by atoms with van der Waals surface area (Å²) in [5.74, 6) is 1.42. The second kappa shape index (κ2) is 9.24. The molecule has 0 amide bonds. The fourth-order valence-corrected chi connectivity index (χ4v) is 6.29. The van der Waals surface area contributed by atoms with Gasteiger partial charge < -0.3 is 15.0 Å². The number of ether oxygens (including phenoxy) is 1. The lowest BCUT2D eigenvalue weighted by molar-refractivity contribution is 0.156. The van der Waals surface area contributed by atoms with Gasteiger partial charge in [0.15, 0.2) is 5.96 Å². The molecule has 30 heavy (non-hydrogen) atoms. The highest BCUT2D eigenvalue weighted by atomic mass is 32.2. The van der Waals surface area contributed by atoms with Crippen LogP contribution in [0.15, 0.2) is 40.2 Å². The largest absolute Gasteiger partial charge is 0.381 e. The summed E-state index contributed by atoms with van der Waals surface area (Å²) in [5.41, 5.74) is 0.313. The molecule has 0 bridgehead atoms. The Morgan fingerprint density at radius 1 is 1.20 bits per heavy atom. The van der Waals surface area contributed by atoms with Crippen LogP contribution in [0.5, 0.6) is 0 Å². The highest BCUT2D eigenvalue weighted by Crippen LogP contribution is 2.38. The molecule has 3 fully saturated rings. The molecule has 1 atom stereocenters. The van der Waals surface area contributed by atoms with Gasteiger partial charge >= 0.3 is 0 Å². The van der Waals surface area contributed by atoms with Crippen LogP contribution < -0.4 is 5.32 Å². The van der Waals surface area contributed by atoms with Crippen LogP contribution in [-0.4, -0.2) is 76.1 Å². The predicted molar refractivity (Wildman–Crippen MR) is 118 cm³/mol. The van der Waals surface area contributed by atoms with Crippen molar-refractivity contribution in [1.82, 2.24) is 14.5 Å². The number of aliphatic imine (C=N–C) groups is 1. The van der Waals surface area contributed by atoms with Gasteiger partial charge in [0.25, 0.3) is 0 Å². The topological polar surface area (TPSA) is 74.2 Å². The number of guanidine groups is 1. The van der Waals surface area contributed by atoms with Gasteiger partial charge in [-0.1, -0.05) is 18.2 Å². The molecule has 0 aromatic heterocycles. The molecule has 1 aromatic carbocycles. The molecular formula is C22H34N4O3S. The van der Waals surface area contributed by atoms with Gasteiger partial charge in [-0.3, -0.25) is 4.99 Å². The van der Waals surface area contributed by atoms with Crippen LogP contribution in [0.4, 0.5) is 0 Å². The quantitative estimate of drug-likeness (QED) is 0.568. The molecule has 8 heteroatoms. The molecule has 1 unspecified atom stereocenters. The van der Waals surface area contributed by atoms with Crippen molar-refractivity contribution in [2.75, 3.05) is 52.5 Å². The van der Waals surface area contributed by atoms with Crippen LogP contribution in [0, 0.1) is 11.3 Å². The Bertz CT molecular complexity index is 829. The number of sulfonamides is 1. The number of nitrogens with one attached hydrogen (secondary N) is 1. The molecule has 1 aromatic rings. The summed E-state index contributed by atoms with van der Waals surface area (Å²) in [4.78, 5) is 7.71. The van der Waals surface area contributed by atoms with E-state index in [0.29, 0.717) is 29.3 Å². The van der Waals surface area contributed by atoms with Crippen LogP contribution in [-0.2, 0) is 14.8 Å². The van der Waals surface area contributed by atoms with Gasteiger partial charge in [0.2, 0.25) is 10.0 Å². The number of rotatable bonds is 5. The minimum Gasteiger partial charge on any atom is -0.381 e. The summed E-state index contributed by atoms with van der Waals surface area (Å²) in [6.45, 7) is 8.65. The van der Waals surface area contributed by atoms with Crippen LogP contribution in [0.2, 0.25) is 0 Å². The summed E-state index contributed by atoms with van der Waals surface area (Å²) in [6, 6.07) is 8.74. The van der Waals surface area contributed by atoms with Gasteiger partial charge in [-0.05, 0) is 50.7 Å². The zero-order chi connectivity index (χ0) is 21.0. The average Bonchev–Trinajstić information content (AvgIpc) is 3.42. The maximum atomic E-state index is 12.8. The van der Waals surface area contributed by atoms with Gasteiger partial charge in [0, 0.05) is 51.3 Å². The molecule has 3 heterocycles. The maximum absolute atomic E-state index is 12.8. The van der Waals surface area contributed by atoms with Crippen LogP contribution in [0.1, 0.15) is 32.6 Å². The second-order valence-corrected chi connectivity index (χ2v) is 10.8. The van der Waals surface area contributed by atoms with Gasteiger partial charge in [0.05, 0.1) is 11.5 Å².